The number of nitrogens with two attached hydrogens (primary N) is 1. The molecule has 0 radical (unpaired) electrons. The van der Waals surface area contributed by atoms with Gasteiger partial charge in [0.25, 0.3) is 0 Å². The van der Waals surface area contributed by atoms with Crippen molar-refractivity contribution in [3.8, 4) is 0 Å². The number of hydrogen-bond acceptors (Lipinski definition) is 2. The van der Waals surface area contributed by atoms with Crippen molar-refractivity contribution in [1.29, 1.82) is 0 Å². The topological polar surface area (TPSA) is 67.5 Å². The molecule has 0 aromatic rings. The number of carbonyl (C=O) groups is 1. The Kier molecular flexibility index (Phi) is 4.16. The van der Waals surface area contributed by atoms with Gasteiger partial charge in [-0.15, -0.1) is 0 Å². The molecule has 0 spiro atoms. The summed E-state index contributed by atoms with van der Waals surface area (Å²) in [6, 6.07) is -0.609. The summed E-state index contributed by atoms with van der Waals surface area (Å²) in [5.41, 5.74) is 9.46. The molecule has 1 aliphatic rings. The molecule has 0 atom stereocenters. The number of nitrogens with one attached hydrogen (secondary N) is 1. The summed E-state index contributed by atoms with van der Waals surface area (Å²) in [4.78, 5) is 10.4. The SMILES string of the molecule is CC(CC1=CCCCC1)=NNC(N)=O. The Bertz CT molecular complexity index is 269. The maximum absolute atomic E-state index is 10.4. The number of carbonyl (C=O) groups excluding carboxylic acids is 1. The van der Waals surface area contributed by atoms with Crippen LogP contribution < -0.4 is 11.2 Å². The molecule has 4 nitrogen and oxygen atoms in total. The third-order valence-corrected chi connectivity index (χ3v) is 2.22. The van der Waals surface area contributed by atoms with Crippen molar-refractivity contribution in [2.75, 3.05) is 0 Å². The molecule has 4 heteroatoms. The summed E-state index contributed by atoms with van der Waals surface area (Å²) in [5.74, 6) is 0. The van der Waals surface area contributed by atoms with Crippen LogP contribution in [-0.4, -0.2) is 11.7 Å². The fourth-order valence-corrected chi connectivity index (χ4v) is 1.58. The van der Waals surface area contributed by atoms with E-state index in [1.54, 1.807) is 0 Å². The Morgan fingerprint density at radius 3 is 3.00 bits per heavy atom. The van der Waals surface area contributed by atoms with Gasteiger partial charge in [-0.05, 0) is 32.6 Å². The van der Waals surface area contributed by atoms with Crippen molar-refractivity contribution >= 4 is 11.7 Å². The Labute approximate surface area is 84.2 Å². The first-order valence-electron chi connectivity index (χ1n) is 4.95. The maximum Gasteiger partial charge on any atom is 0.332 e. The third-order valence-electron chi connectivity index (χ3n) is 2.22. The van der Waals surface area contributed by atoms with E-state index in [0.29, 0.717) is 0 Å². The molecule has 0 saturated heterocycles. The van der Waals surface area contributed by atoms with Gasteiger partial charge < -0.3 is 5.73 Å². The third kappa shape index (κ3) is 4.07. The highest BCUT2D eigenvalue weighted by molar-refractivity contribution is 5.85. The number of hydrogen-bond donors (Lipinski definition) is 2. The molecule has 0 heterocycles. The monoisotopic (exact) mass is 195 g/mol. The van der Waals surface area contributed by atoms with Gasteiger partial charge in [0.15, 0.2) is 0 Å². The first kappa shape index (κ1) is 10.8. The summed E-state index contributed by atoms with van der Waals surface area (Å²) in [6.45, 7) is 1.89. The smallest absolute Gasteiger partial charge is 0.332 e. The molecule has 0 bridgehead atoms. The van der Waals surface area contributed by atoms with Crippen LogP contribution in [0.5, 0.6) is 0 Å². The van der Waals surface area contributed by atoms with E-state index in [9.17, 15) is 4.79 Å². The largest absolute Gasteiger partial charge is 0.350 e. The lowest BCUT2D eigenvalue weighted by Gasteiger charge is -2.11. The fraction of sp³-hybridized carbons (Fsp3) is 0.600. The molecule has 0 unspecified atom stereocenters. The molecular weight excluding hydrogens is 178 g/mol. The number of nitrogens with zero attached hydrogens (tertiary/aromatic N) is 1. The second-order valence-electron chi connectivity index (χ2n) is 3.61. The van der Waals surface area contributed by atoms with Crippen molar-refractivity contribution in [3.05, 3.63) is 11.6 Å². The van der Waals surface area contributed by atoms with Crippen molar-refractivity contribution in [2.24, 2.45) is 10.8 Å². The summed E-state index contributed by atoms with van der Waals surface area (Å²) in [5, 5.41) is 3.87. The van der Waals surface area contributed by atoms with Crippen LogP contribution in [-0.2, 0) is 0 Å². The molecule has 78 valence electrons. The lowest BCUT2D eigenvalue weighted by molar-refractivity contribution is 0.249. The number of allylic oxidation sites excluding steroid dienone is 2. The Morgan fingerprint density at radius 1 is 1.64 bits per heavy atom. The second kappa shape index (κ2) is 5.42. The van der Waals surface area contributed by atoms with E-state index in [1.807, 2.05) is 6.92 Å². The zero-order valence-corrected chi connectivity index (χ0v) is 8.55. The van der Waals surface area contributed by atoms with Crippen LogP contribution in [0.2, 0.25) is 0 Å². The van der Waals surface area contributed by atoms with Gasteiger partial charge >= 0.3 is 6.03 Å². The molecule has 1 rings (SSSR count). The van der Waals surface area contributed by atoms with Gasteiger partial charge in [0, 0.05) is 12.1 Å². The fourth-order valence-electron chi connectivity index (χ4n) is 1.58. The first-order valence-corrected chi connectivity index (χ1v) is 4.95. The number of amides is 2. The van der Waals surface area contributed by atoms with Crippen LogP contribution >= 0.6 is 0 Å². The molecule has 0 saturated carbocycles. The summed E-state index contributed by atoms with van der Waals surface area (Å²) < 4.78 is 0. The minimum Gasteiger partial charge on any atom is -0.350 e. The van der Waals surface area contributed by atoms with Crippen LogP contribution in [0.3, 0.4) is 0 Å². The average molecular weight is 195 g/mol. The van der Waals surface area contributed by atoms with E-state index < -0.39 is 6.03 Å². The van der Waals surface area contributed by atoms with E-state index in [2.05, 4.69) is 16.6 Å². The summed E-state index contributed by atoms with van der Waals surface area (Å²) in [6.07, 6.45) is 8.00. The Balaban J connectivity index is 2.38. The Hall–Kier alpha value is -1.32. The van der Waals surface area contributed by atoms with Gasteiger partial charge in [-0.1, -0.05) is 11.6 Å². The average Bonchev–Trinajstić information content (AvgIpc) is 2.16. The van der Waals surface area contributed by atoms with Gasteiger partial charge in [-0.3, -0.25) is 0 Å². The molecule has 14 heavy (non-hydrogen) atoms. The molecular formula is C10H17N3O. The lowest BCUT2D eigenvalue weighted by Crippen LogP contribution is -2.25. The Morgan fingerprint density at radius 2 is 2.43 bits per heavy atom. The highest BCUT2D eigenvalue weighted by Gasteiger charge is 2.04. The van der Waals surface area contributed by atoms with Crippen molar-refractivity contribution < 1.29 is 4.79 Å². The summed E-state index contributed by atoms with van der Waals surface area (Å²) >= 11 is 0. The number of urea groups is 1. The van der Waals surface area contributed by atoms with Crippen LogP contribution in [0.15, 0.2) is 16.8 Å². The highest BCUT2D eigenvalue weighted by Crippen LogP contribution is 2.20. The normalized spacial score (nSPS) is 17.5. The van der Waals surface area contributed by atoms with Gasteiger partial charge in [-0.25, -0.2) is 10.2 Å². The van der Waals surface area contributed by atoms with Gasteiger partial charge in [0.1, 0.15) is 0 Å². The van der Waals surface area contributed by atoms with Crippen molar-refractivity contribution in [1.82, 2.24) is 5.43 Å². The molecule has 0 aromatic heterocycles. The maximum atomic E-state index is 10.4. The van der Waals surface area contributed by atoms with Crippen LogP contribution in [0.1, 0.15) is 39.0 Å². The lowest BCUT2D eigenvalue weighted by atomic mass is 9.96. The molecule has 0 fully saturated rings. The van der Waals surface area contributed by atoms with Crippen molar-refractivity contribution in [2.45, 2.75) is 39.0 Å². The number of hydrazone groups is 1. The number of primary amides is 1. The predicted molar refractivity (Wildman–Crippen MR) is 57.0 cm³/mol. The molecule has 0 aliphatic heterocycles. The van der Waals surface area contributed by atoms with E-state index in [-0.39, 0.29) is 0 Å². The molecule has 2 amide bonds. The zero-order chi connectivity index (χ0) is 10.4. The van der Waals surface area contributed by atoms with Crippen molar-refractivity contribution in [3.63, 3.8) is 0 Å². The molecule has 1 aliphatic carbocycles. The van der Waals surface area contributed by atoms with E-state index in [4.69, 9.17) is 5.73 Å². The van der Waals surface area contributed by atoms with E-state index in [0.717, 1.165) is 18.6 Å². The predicted octanol–water partition coefficient (Wildman–Crippen LogP) is 1.92. The van der Waals surface area contributed by atoms with Gasteiger partial charge in [0.2, 0.25) is 0 Å². The van der Waals surface area contributed by atoms with Crippen LogP contribution in [0, 0.1) is 0 Å². The minimum absolute atomic E-state index is 0.609. The van der Waals surface area contributed by atoms with E-state index in [1.165, 1.54) is 24.8 Å². The van der Waals surface area contributed by atoms with E-state index >= 15 is 0 Å². The quantitative estimate of drug-likeness (QED) is 0.403. The van der Waals surface area contributed by atoms with Crippen LogP contribution in [0.25, 0.3) is 0 Å². The second-order valence-corrected chi connectivity index (χ2v) is 3.61. The molecule has 0 aromatic carbocycles. The van der Waals surface area contributed by atoms with Gasteiger partial charge in [0.05, 0.1) is 0 Å². The highest BCUT2D eigenvalue weighted by atomic mass is 16.2. The standard InChI is InChI=1S/C10H17N3O/c1-8(12-13-10(11)14)7-9-5-3-2-4-6-9/h5H,2-4,6-7H2,1H3,(H3,11,13,14). The zero-order valence-electron chi connectivity index (χ0n) is 8.55. The first-order chi connectivity index (χ1) is 6.68. The van der Waals surface area contributed by atoms with Crippen LogP contribution in [0.4, 0.5) is 4.79 Å². The number of rotatable bonds is 3. The van der Waals surface area contributed by atoms with Gasteiger partial charge in [-0.2, -0.15) is 5.10 Å². The molecule has 3 N–H and O–H groups in total. The summed E-state index contributed by atoms with van der Waals surface area (Å²) in [7, 11) is 0. The minimum atomic E-state index is -0.609.